The molecule has 0 aromatic heterocycles. The zero-order chi connectivity index (χ0) is 19.3. The maximum Gasteiger partial charge on any atom is 0.303 e. The lowest BCUT2D eigenvalue weighted by molar-refractivity contribution is -0.137. The molecule has 27 heavy (non-hydrogen) atoms. The van der Waals surface area contributed by atoms with Crippen molar-refractivity contribution >= 4 is 29.2 Å². The molecular formula is C21H22ClNO4. The first-order valence-corrected chi connectivity index (χ1v) is 9.33. The van der Waals surface area contributed by atoms with Crippen LogP contribution in [0.1, 0.15) is 30.4 Å². The molecule has 2 aromatic carbocycles. The summed E-state index contributed by atoms with van der Waals surface area (Å²) in [4.78, 5) is 24.1. The van der Waals surface area contributed by atoms with Crippen molar-refractivity contribution in [1.82, 2.24) is 0 Å². The molecule has 0 bridgehead atoms. The van der Waals surface area contributed by atoms with Crippen LogP contribution in [0.2, 0.25) is 5.02 Å². The Balaban J connectivity index is 1.83. The molecule has 0 spiro atoms. The van der Waals surface area contributed by atoms with Crippen LogP contribution in [0, 0.1) is 0 Å². The molecule has 142 valence electrons. The Kier molecular flexibility index (Phi) is 6.14. The van der Waals surface area contributed by atoms with Gasteiger partial charge in [0.1, 0.15) is 0 Å². The minimum absolute atomic E-state index is 0.0567. The third kappa shape index (κ3) is 4.67. The van der Waals surface area contributed by atoms with Crippen molar-refractivity contribution in [2.24, 2.45) is 0 Å². The van der Waals surface area contributed by atoms with E-state index >= 15 is 0 Å². The molecule has 1 saturated heterocycles. The van der Waals surface area contributed by atoms with E-state index in [4.69, 9.17) is 21.4 Å². The molecule has 1 heterocycles. The number of ether oxygens (including phenoxy) is 1. The van der Waals surface area contributed by atoms with Crippen molar-refractivity contribution in [3.8, 4) is 0 Å². The number of nitrogens with one attached hydrogen (secondary N) is 1. The van der Waals surface area contributed by atoms with Crippen LogP contribution in [0.4, 0.5) is 5.69 Å². The standard InChI is InChI=1S/C21H22ClNO4/c22-17-5-2-4-16(14-17)21(9-11-27-12-10-21)20(26)23-18-6-1-3-15(13-18)7-8-19(24)25/h1-6,13-14H,7-12H2,(H,23,26)(H,24,25). The minimum atomic E-state index is -0.841. The molecule has 1 fully saturated rings. The van der Waals surface area contributed by atoms with Crippen molar-refractivity contribution in [2.75, 3.05) is 18.5 Å². The number of amides is 1. The highest BCUT2D eigenvalue weighted by Gasteiger charge is 2.41. The zero-order valence-corrected chi connectivity index (χ0v) is 15.7. The molecule has 1 amide bonds. The second-order valence-corrected chi connectivity index (χ2v) is 7.19. The fourth-order valence-corrected chi connectivity index (χ4v) is 3.65. The molecule has 0 radical (unpaired) electrons. The predicted octanol–water partition coefficient (Wildman–Crippen LogP) is 4.04. The Morgan fingerprint density at radius 1 is 1.11 bits per heavy atom. The van der Waals surface area contributed by atoms with Crippen LogP contribution in [0.5, 0.6) is 0 Å². The van der Waals surface area contributed by atoms with Gasteiger partial charge in [0.25, 0.3) is 0 Å². The van der Waals surface area contributed by atoms with E-state index in [0.29, 0.717) is 43.2 Å². The number of hydrogen-bond acceptors (Lipinski definition) is 3. The normalized spacial score (nSPS) is 15.9. The van der Waals surface area contributed by atoms with Crippen LogP contribution < -0.4 is 5.32 Å². The number of carbonyl (C=O) groups is 2. The van der Waals surface area contributed by atoms with E-state index in [0.717, 1.165) is 11.1 Å². The van der Waals surface area contributed by atoms with Gasteiger partial charge < -0.3 is 15.2 Å². The van der Waals surface area contributed by atoms with Crippen LogP contribution >= 0.6 is 11.6 Å². The second-order valence-electron chi connectivity index (χ2n) is 6.75. The number of rotatable bonds is 6. The second kappa shape index (κ2) is 8.55. The quantitative estimate of drug-likeness (QED) is 0.784. The summed E-state index contributed by atoms with van der Waals surface area (Å²) in [6, 6.07) is 14.7. The summed E-state index contributed by atoms with van der Waals surface area (Å²) in [6.07, 6.45) is 1.64. The maximum absolute atomic E-state index is 13.3. The lowest BCUT2D eigenvalue weighted by Crippen LogP contribution is -2.44. The molecule has 0 saturated carbocycles. The van der Waals surface area contributed by atoms with Crippen LogP contribution in [0.3, 0.4) is 0 Å². The van der Waals surface area contributed by atoms with Crippen molar-refractivity contribution in [1.29, 1.82) is 0 Å². The number of carboxylic acids is 1. The molecule has 2 aromatic rings. The molecule has 0 atom stereocenters. The summed E-state index contributed by atoms with van der Waals surface area (Å²) >= 11 is 6.16. The minimum Gasteiger partial charge on any atom is -0.481 e. The summed E-state index contributed by atoms with van der Waals surface area (Å²) in [7, 11) is 0. The van der Waals surface area contributed by atoms with Gasteiger partial charge in [0.05, 0.1) is 5.41 Å². The molecule has 3 rings (SSSR count). The number of hydrogen-bond donors (Lipinski definition) is 2. The van der Waals surface area contributed by atoms with Gasteiger partial charge in [-0.15, -0.1) is 0 Å². The van der Waals surface area contributed by atoms with Crippen molar-refractivity contribution < 1.29 is 19.4 Å². The van der Waals surface area contributed by atoms with Crippen molar-refractivity contribution in [2.45, 2.75) is 31.1 Å². The van der Waals surface area contributed by atoms with E-state index < -0.39 is 11.4 Å². The third-order valence-electron chi connectivity index (χ3n) is 4.97. The largest absolute Gasteiger partial charge is 0.481 e. The van der Waals surface area contributed by atoms with Gasteiger partial charge in [0.15, 0.2) is 0 Å². The number of benzene rings is 2. The van der Waals surface area contributed by atoms with E-state index in [1.54, 1.807) is 6.07 Å². The van der Waals surface area contributed by atoms with Gasteiger partial charge >= 0.3 is 5.97 Å². The van der Waals surface area contributed by atoms with E-state index in [-0.39, 0.29) is 12.3 Å². The van der Waals surface area contributed by atoms with Crippen LogP contribution in [0.15, 0.2) is 48.5 Å². The Bertz CT molecular complexity index is 830. The van der Waals surface area contributed by atoms with Gasteiger partial charge in [0.2, 0.25) is 5.91 Å². The first-order chi connectivity index (χ1) is 13.0. The van der Waals surface area contributed by atoms with Crippen LogP contribution in [0.25, 0.3) is 0 Å². The highest BCUT2D eigenvalue weighted by molar-refractivity contribution is 6.30. The summed E-state index contributed by atoms with van der Waals surface area (Å²) < 4.78 is 5.48. The Morgan fingerprint density at radius 2 is 1.85 bits per heavy atom. The van der Waals surface area contributed by atoms with Crippen molar-refractivity contribution in [3.63, 3.8) is 0 Å². The summed E-state index contributed by atoms with van der Waals surface area (Å²) in [5.74, 6) is -0.935. The Labute approximate surface area is 163 Å². The molecule has 5 nitrogen and oxygen atoms in total. The maximum atomic E-state index is 13.3. The van der Waals surface area contributed by atoms with Crippen LogP contribution in [-0.2, 0) is 26.2 Å². The van der Waals surface area contributed by atoms with Gasteiger partial charge in [-0.25, -0.2) is 0 Å². The van der Waals surface area contributed by atoms with E-state index in [2.05, 4.69) is 5.32 Å². The zero-order valence-electron chi connectivity index (χ0n) is 14.9. The van der Waals surface area contributed by atoms with E-state index in [1.807, 2.05) is 42.5 Å². The fraction of sp³-hybridized carbons (Fsp3) is 0.333. The van der Waals surface area contributed by atoms with Gasteiger partial charge in [-0.1, -0.05) is 35.9 Å². The first kappa shape index (κ1) is 19.4. The first-order valence-electron chi connectivity index (χ1n) is 8.96. The molecule has 6 heteroatoms. The van der Waals surface area contributed by atoms with Gasteiger partial charge in [0, 0.05) is 30.3 Å². The summed E-state index contributed by atoms with van der Waals surface area (Å²) in [5, 5.41) is 12.5. The average Bonchev–Trinajstić information content (AvgIpc) is 2.67. The third-order valence-corrected chi connectivity index (χ3v) is 5.21. The number of aliphatic carboxylic acids is 1. The number of halogens is 1. The number of carbonyl (C=O) groups excluding carboxylic acids is 1. The highest BCUT2D eigenvalue weighted by atomic mass is 35.5. The van der Waals surface area contributed by atoms with Gasteiger partial charge in [-0.2, -0.15) is 0 Å². The number of carboxylic acid groups (broad SMARTS) is 1. The molecule has 1 aliphatic rings. The van der Waals surface area contributed by atoms with Crippen molar-refractivity contribution in [3.05, 3.63) is 64.7 Å². The monoisotopic (exact) mass is 387 g/mol. The molecule has 0 aliphatic carbocycles. The predicted molar refractivity (Wildman–Crippen MR) is 104 cm³/mol. The average molecular weight is 388 g/mol. The van der Waals surface area contributed by atoms with Gasteiger partial charge in [-0.05, 0) is 54.7 Å². The molecule has 1 aliphatic heterocycles. The lowest BCUT2D eigenvalue weighted by Gasteiger charge is -2.36. The fourth-order valence-electron chi connectivity index (χ4n) is 3.46. The lowest BCUT2D eigenvalue weighted by atomic mass is 9.73. The Morgan fingerprint density at radius 3 is 2.56 bits per heavy atom. The number of aryl methyl sites for hydroxylation is 1. The molecule has 2 N–H and O–H groups in total. The summed E-state index contributed by atoms with van der Waals surface area (Å²) in [5.41, 5.74) is 1.73. The SMILES string of the molecule is O=C(O)CCc1cccc(NC(=O)C2(c3cccc(Cl)c3)CCOCC2)c1. The molecule has 0 unspecified atom stereocenters. The van der Waals surface area contributed by atoms with E-state index in [1.165, 1.54) is 0 Å². The smallest absolute Gasteiger partial charge is 0.303 e. The topological polar surface area (TPSA) is 75.6 Å². The molecular weight excluding hydrogens is 366 g/mol. The number of anilines is 1. The Hall–Kier alpha value is -2.37. The highest BCUT2D eigenvalue weighted by Crippen LogP contribution is 2.37. The van der Waals surface area contributed by atoms with Gasteiger partial charge in [-0.3, -0.25) is 9.59 Å². The van der Waals surface area contributed by atoms with E-state index in [9.17, 15) is 9.59 Å². The van der Waals surface area contributed by atoms with Crippen LogP contribution in [-0.4, -0.2) is 30.2 Å². The summed E-state index contributed by atoms with van der Waals surface area (Å²) in [6.45, 7) is 1.02.